The number of rotatable bonds is 1. The summed E-state index contributed by atoms with van der Waals surface area (Å²) in [5, 5.41) is 0. The Labute approximate surface area is 69.6 Å². The zero-order valence-electron chi connectivity index (χ0n) is 7.59. The molecule has 0 amide bonds. The van der Waals surface area contributed by atoms with Gasteiger partial charge in [-0.1, -0.05) is 56.3 Å². The maximum absolute atomic E-state index is 3.83. The third-order valence-electron chi connectivity index (χ3n) is 1.27. The molecule has 11 heavy (non-hydrogen) atoms. The first-order valence-corrected chi connectivity index (χ1v) is 4.01. The Hall–Kier alpha value is -1.04. The summed E-state index contributed by atoms with van der Waals surface area (Å²) in [6.45, 7) is 9.83. The van der Waals surface area contributed by atoms with Crippen LogP contribution in [-0.4, -0.2) is 0 Å². The molecule has 0 fully saturated rings. The molecule has 0 heterocycles. The van der Waals surface area contributed by atoms with Crippen molar-refractivity contribution in [3.05, 3.63) is 42.5 Å². The molecular formula is C11H16. The van der Waals surface area contributed by atoms with Gasteiger partial charge in [-0.15, -0.1) is 0 Å². The van der Waals surface area contributed by atoms with E-state index >= 15 is 0 Å². The van der Waals surface area contributed by atoms with E-state index in [-0.39, 0.29) is 0 Å². The third-order valence-corrected chi connectivity index (χ3v) is 1.27. The maximum Gasteiger partial charge on any atom is -0.0233 e. The zero-order chi connectivity index (χ0) is 8.69. The Kier molecular flexibility index (Phi) is 5.18. The molecule has 0 bridgehead atoms. The molecule has 0 aliphatic carbocycles. The quantitative estimate of drug-likeness (QED) is 0.569. The lowest BCUT2D eigenvalue weighted by molar-refractivity contribution is 1.50. The van der Waals surface area contributed by atoms with Crippen LogP contribution in [0.4, 0.5) is 0 Å². The summed E-state index contributed by atoms with van der Waals surface area (Å²) < 4.78 is 0. The van der Waals surface area contributed by atoms with E-state index in [0.29, 0.717) is 0 Å². The summed E-state index contributed by atoms with van der Waals surface area (Å²) >= 11 is 0. The fourth-order valence-electron chi connectivity index (χ4n) is 0.723. The minimum atomic E-state index is 1.12. The molecule has 0 N–H and O–H groups in total. The lowest BCUT2D eigenvalue weighted by atomic mass is 10.1. The molecule has 0 aliphatic rings. The molecule has 0 saturated heterocycles. The average Bonchev–Trinajstić information content (AvgIpc) is 2.10. The fourth-order valence-corrected chi connectivity index (χ4v) is 0.723. The van der Waals surface area contributed by atoms with E-state index in [4.69, 9.17) is 0 Å². The second-order valence-corrected chi connectivity index (χ2v) is 2.15. The molecule has 1 rings (SSSR count). The average molecular weight is 148 g/mol. The van der Waals surface area contributed by atoms with Crippen LogP contribution >= 0.6 is 0 Å². The van der Waals surface area contributed by atoms with E-state index in [0.717, 1.165) is 5.57 Å². The van der Waals surface area contributed by atoms with Gasteiger partial charge in [0, 0.05) is 0 Å². The molecular weight excluding hydrogens is 132 g/mol. The largest absolute Gasteiger partial charge is 0.0955 e. The van der Waals surface area contributed by atoms with Gasteiger partial charge in [-0.25, -0.2) is 0 Å². The molecule has 0 saturated carbocycles. The summed E-state index contributed by atoms with van der Waals surface area (Å²) in [4.78, 5) is 0. The van der Waals surface area contributed by atoms with Crippen LogP contribution in [0.15, 0.2) is 36.9 Å². The van der Waals surface area contributed by atoms with Crippen LogP contribution in [0.5, 0.6) is 0 Å². The predicted octanol–water partition coefficient (Wildman–Crippen LogP) is 3.75. The molecule has 1 aromatic rings. The first-order valence-electron chi connectivity index (χ1n) is 4.01. The highest BCUT2D eigenvalue weighted by Crippen LogP contribution is 2.08. The molecule has 60 valence electrons. The fraction of sp³-hybridized carbons (Fsp3) is 0.273. The van der Waals surface area contributed by atoms with Crippen LogP contribution in [0.25, 0.3) is 5.57 Å². The summed E-state index contributed by atoms with van der Waals surface area (Å²) in [6, 6.07) is 10.2. The summed E-state index contributed by atoms with van der Waals surface area (Å²) in [6.07, 6.45) is 0. The van der Waals surface area contributed by atoms with Gasteiger partial charge in [-0.3, -0.25) is 0 Å². The highest BCUT2D eigenvalue weighted by molar-refractivity contribution is 5.60. The normalized spacial score (nSPS) is 7.91. The van der Waals surface area contributed by atoms with Gasteiger partial charge in [0.15, 0.2) is 0 Å². The lowest BCUT2D eigenvalue weighted by Gasteiger charge is -1.94. The molecule has 0 aliphatic heterocycles. The van der Waals surface area contributed by atoms with Crippen molar-refractivity contribution in [1.29, 1.82) is 0 Å². The Balaban J connectivity index is 0.000000461. The van der Waals surface area contributed by atoms with Crippen LogP contribution in [-0.2, 0) is 0 Å². The molecule has 0 radical (unpaired) electrons. The molecule has 0 spiro atoms. The molecule has 0 aromatic heterocycles. The Morgan fingerprint density at radius 3 is 1.82 bits per heavy atom. The number of hydrogen-bond acceptors (Lipinski definition) is 0. The lowest BCUT2D eigenvalue weighted by Crippen LogP contribution is -1.72. The minimum absolute atomic E-state index is 1.12. The zero-order valence-corrected chi connectivity index (χ0v) is 7.59. The van der Waals surface area contributed by atoms with Gasteiger partial charge in [-0.2, -0.15) is 0 Å². The van der Waals surface area contributed by atoms with Gasteiger partial charge in [-0.05, 0) is 12.5 Å². The van der Waals surface area contributed by atoms with Crippen molar-refractivity contribution in [1.82, 2.24) is 0 Å². The van der Waals surface area contributed by atoms with Gasteiger partial charge in [0.05, 0.1) is 0 Å². The van der Waals surface area contributed by atoms with Crippen LogP contribution < -0.4 is 0 Å². The van der Waals surface area contributed by atoms with Gasteiger partial charge < -0.3 is 0 Å². The van der Waals surface area contributed by atoms with E-state index < -0.39 is 0 Å². The van der Waals surface area contributed by atoms with E-state index in [1.165, 1.54) is 5.56 Å². The Morgan fingerprint density at radius 2 is 1.55 bits per heavy atom. The van der Waals surface area contributed by atoms with E-state index in [9.17, 15) is 0 Å². The van der Waals surface area contributed by atoms with Crippen LogP contribution in [0.1, 0.15) is 26.3 Å². The Morgan fingerprint density at radius 1 is 1.09 bits per heavy atom. The minimum Gasteiger partial charge on any atom is -0.0955 e. The predicted molar refractivity (Wildman–Crippen MR) is 52.5 cm³/mol. The molecule has 0 unspecified atom stereocenters. The van der Waals surface area contributed by atoms with Gasteiger partial charge in [0.1, 0.15) is 0 Å². The maximum atomic E-state index is 3.83. The first-order chi connectivity index (χ1) is 5.30. The summed E-state index contributed by atoms with van der Waals surface area (Å²) in [5.41, 5.74) is 2.34. The monoisotopic (exact) mass is 148 g/mol. The van der Waals surface area contributed by atoms with E-state index in [1.807, 2.05) is 39.0 Å². The van der Waals surface area contributed by atoms with Crippen LogP contribution in [0.3, 0.4) is 0 Å². The molecule has 1 aromatic carbocycles. The van der Waals surface area contributed by atoms with Gasteiger partial charge >= 0.3 is 0 Å². The van der Waals surface area contributed by atoms with E-state index in [1.54, 1.807) is 0 Å². The van der Waals surface area contributed by atoms with Crippen molar-refractivity contribution in [3.63, 3.8) is 0 Å². The van der Waals surface area contributed by atoms with Crippen LogP contribution in [0.2, 0.25) is 0 Å². The highest BCUT2D eigenvalue weighted by Gasteiger charge is 1.86. The van der Waals surface area contributed by atoms with Crippen molar-refractivity contribution >= 4 is 5.57 Å². The second-order valence-electron chi connectivity index (χ2n) is 2.15. The van der Waals surface area contributed by atoms with Crippen molar-refractivity contribution in [3.8, 4) is 0 Å². The second kappa shape index (κ2) is 5.72. The number of hydrogen-bond donors (Lipinski definition) is 0. The van der Waals surface area contributed by atoms with Gasteiger partial charge in [0.25, 0.3) is 0 Å². The summed E-state index contributed by atoms with van der Waals surface area (Å²) in [7, 11) is 0. The van der Waals surface area contributed by atoms with Crippen LogP contribution in [0, 0.1) is 0 Å². The van der Waals surface area contributed by atoms with E-state index in [2.05, 4.69) is 18.7 Å². The SMILES string of the molecule is C=C(C)c1ccccc1.CC. The molecule has 0 atom stereocenters. The highest BCUT2D eigenvalue weighted by atomic mass is 13.9. The molecule has 0 nitrogen and oxygen atoms in total. The first kappa shape index (κ1) is 9.96. The standard InChI is InChI=1S/C9H10.C2H6/c1-8(2)9-6-4-3-5-7-9;1-2/h3-7H,1H2,2H3;1-2H3. The van der Waals surface area contributed by atoms with Crippen molar-refractivity contribution < 1.29 is 0 Å². The van der Waals surface area contributed by atoms with Gasteiger partial charge in [0.2, 0.25) is 0 Å². The third kappa shape index (κ3) is 3.61. The number of benzene rings is 1. The van der Waals surface area contributed by atoms with Crippen molar-refractivity contribution in [2.45, 2.75) is 20.8 Å². The smallest absolute Gasteiger partial charge is 0.0233 e. The molecule has 0 heteroatoms. The van der Waals surface area contributed by atoms with Crippen molar-refractivity contribution in [2.75, 3.05) is 0 Å². The topological polar surface area (TPSA) is 0 Å². The number of allylic oxidation sites excluding steroid dienone is 1. The Bertz CT molecular complexity index is 197. The summed E-state index contributed by atoms with van der Waals surface area (Å²) in [5.74, 6) is 0. The van der Waals surface area contributed by atoms with Crippen molar-refractivity contribution in [2.24, 2.45) is 0 Å².